The molecule has 4 rings (SSSR count). The molecule has 2 aliphatic carbocycles. The molecule has 28 heavy (non-hydrogen) atoms. The van der Waals surface area contributed by atoms with Crippen LogP contribution in [0.2, 0.25) is 0 Å². The molecule has 1 saturated carbocycles. The molecule has 1 heterocycles. The lowest BCUT2D eigenvalue weighted by molar-refractivity contribution is -0.136. The summed E-state index contributed by atoms with van der Waals surface area (Å²) in [5.41, 5.74) is 2.50. The van der Waals surface area contributed by atoms with Gasteiger partial charge in [0.25, 0.3) is 10.2 Å². The van der Waals surface area contributed by atoms with Crippen molar-refractivity contribution in [1.29, 1.82) is 0 Å². The Morgan fingerprint density at radius 1 is 1.21 bits per heavy atom. The molecule has 1 N–H and O–H groups in total. The molecule has 1 spiro atoms. The Balaban J connectivity index is 1.65. The van der Waals surface area contributed by atoms with Crippen LogP contribution < -0.4 is 4.72 Å². The number of fused-ring (bicyclic) bond motifs is 1. The van der Waals surface area contributed by atoms with Crippen molar-refractivity contribution in [2.45, 2.75) is 43.9 Å². The number of hydrogen-bond donors (Lipinski definition) is 1. The van der Waals surface area contributed by atoms with Crippen LogP contribution in [0.1, 0.15) is 29.5 Å². The van der Waals surface area contributed by atoms with E-state index in [9.17, 15) is 21.6 Å². The van der Waals surface area contributed by atoms with Crippen LogP contribution in [0.4, 0.5) is 13.2 Å². The number of azo groups is 1. The van der Waals surface area contributed by atoms with Gasteiger partial charge in [0.1, 0.15) is 6.54 Å². The minimum absolute atomic E-state index is 0.00654. The summed E-state index contributed by atoms with van der Waals surface area (Å²) in [5.74, 6) is -0.0252. The van der Waals surface area contributed by atoms with Gasteiger partial charge in [-0.05, 0) is 54.2 Å². The van der Waals surface area contributed by atoms with Crippen LogP contribution >= 0.6 is 0 Å². The number of nitrogens with zero attached hydrogens (tertiary/aromatic N) is 3. The highest BCUT2D eigenvalue weighted by Crippen LogP contribution is 2.50. The van der Waals surface area contributed by atoms with Crippen LogP contribution in [-0.4, -0.2) is 44.6 Å². The van der Waals surface area contributed by atoms with Gasteiger partial charge in [-0.15, -0.1) is 0 Å². The first-order valence-electron chi connectivity index (χ1n) is 9.35. The van der Waals surface area contributed by atoms with Crippen molar-refractivity contribution in [1.82, 2.24) is 9.03 Å². The maximum Gasteiger partial charge on any atom is 0.402 e. The fourth-order valence-corrected chi connectivity index (χ4v) is 6.86. The van der Waals surface area contributed by atoms with Gasteiger partial charge in [0.2, 0.25) is 0 Å². The van der Waals surface area contributed by atoms with Gasteiger partial charge < -0.3 is 0 Å². The minimum Gasteiger partial charge on any atom is -0.197 e. The van der Waals surface area contributed by atoms with Crippen molar-refractivity contribution in [3.05, 3.63) is 34.9 Å². The largest absolute Gasteiger partial charge is 0.402 e. The molecular weight excluding hydrogens is 393 g/mol. The first kappa shape index (κ1) is 19.8. The zero-order valence-electron chi connectivity index (χ0n) is 15.5. The van der Waals surface area contributed by atoms with Gasteiger partial charge in [-0.3, -0.25) is 0 Å². The normalized spacial score (nSPS) is 32.1. The maximum absolute atomic E-state index is 12.9. The first-order valence-corrected chi connectivity index (χ1v) is 10.8. The monoisotopic (exact) mass is 416 g/mol. The third kappa shape index (κ3) is 3.46. The number of benzene rings is 1. The number of hydrogen-bond acceptors (Lipinski definition) is 4. The predicted octanol–water partition coefficient (Wildman–Crippen LogP) is 2.84. The van der Waals surface area contributed by atoms with Crippen LogP contribution in [0.25, 0.3) is 0 Å². The van der Waals surface area contributed by atoms with E-state index in [1.54, 1.807) is 7.05 Å². The molecule has 3 aliphatic rings. The lowest BCUT2D eigenvalue weighted by Gasteiger charge is -2.33. The molecule has 1 aromatic rings. The summed E-state index contributed by atoms with van der Waals surface area (Å²) in [6.45, 7) is -1.08. The summed E-state index contributed by atoms with van der Waals surface area (Å²) in [6, 6.07) is 6.12. The van der Waals surface area contributed by atoms with E-state index in [1.807, 2.05) is 12.1 Å². The second-order valence-electron chi connectivity index (χ2n) is 8.01. The topological polar surface area (TPSA) is 74.1 Å². The van der Waals surface area contributed by atoms with E-state index in [1.165, 1.54) is 0 Å². The van der Waals surface area contributed by atoms with Crippen molar-refractivity contribution in [2.75, 3.05) is 20.1 Å². The smallest absolute Gasteiger partial charge is 0.197 e. The Kier molecular flexibility index (Phi) is 4.79. The quantitative estimate of drug-likeness (QED) is 0.770. The molecule has 10 heteroatoms. The average molecular weight is 416 g/mol. The van der Waals surface area contributed by atoms with Gasteiger partial charge in [-0.25, -0.2) is 0 Å². The van der Waals surface area contributed by atoms with Gasteiger partial charge in [0, 0.05) is 13.6 Å². The Hall–Kier alpha value is -1.52. The number of nitrogens with one attached hydrogen (secondary N) is 1. The Labute approximate surface area is 162 Å². The van der Waals surface area contributed by atoms with Crippen LogP contribution in [-0.2, 0) is 29.6 Å². The highest BCUT2D eigenvalue weighted by molar-refractivity contribution is 7.87. The lowest BCUT2D eigenvalue weighted by Crippen LogP contribution is -2.52. The van der Waals surface area contributed by atoms with Crippen molar-refractivity contribution in [2.24, 2.45) is 22.1 Å². The Morgan fingerprint density at radius 3 is 2.54 bits per heavy atom. The summed E-state index contributed by atoms with van der Waals surface area (Å²) in [5, 5.41) is 7.78. The number of rotatable bonds is 3. The lowest BCUT2D eigenvalue weighted by atomic mass is 9.79. The molecule has 154 valence electrons. The van der Waals surface area contributed by atoms with Gasteiger partial charge in [-0.2, -0.15) is 40.8 Å². The fraction of sp³-hybridized carbons (Fsp3) is 0.667. The van der Waals surface area contributed by atoms with E-state index < -0.39 is 28.5 Å². The van der Waals surface area contributed by atoms with Crippen LogP contribution in [0, 0.1) is 11.8 Å². The zero-order valence-corrected chi connectivity index (χ0v) is 16.4. The van der Waals surface area contributed by atoms with Gasteiger partial charge in [0.15, 0.2) is 0 Å². The van der Waals surface area contributed by atoms with Crippen molar-refractivity contribution in [3.63, 3.8) is 0 Å². The van der Waals surface area contributed by atoms with Crippen molar-refractivity contribution >= 4 is 10.2 Å². The second-order valence-corrected chi connectivity index (χ2v) is 9.68. The summed E-state index contributed by atoms with van der Waals surface area (Å²) in [6.07, 6.45) is -1.60. The summed E-state index contributed by atoms with van der Waals surface area (Å²) >= 11 is 0. The van der Waals surface area contributed by atoms with E-state index >= 15 is 0 Å². The van der Waals surface area contributed by atoms with E-state index in [0.29, 0.717) is 23.7 Å². The van der Waals surface area contributed by atoms with E-state index in [4.69, 9.17) is 0 Å². The standard InChI is InChI=1S/C18H23F3N4O2S/c1-22-23-9-12-2-3-13-7-15-4-5-16(8-14(13)6-12)17(15)10-25(11-18(19,20)21)28(26,27)24-17/h2-3,6,15-16,24H,4-5,7-11H2,1H3/t15-,16+,17+/m0/s1. The van der Waals surface area contributed by atoms with Crippen molar-refractivity contribution < 1.29 is 21.6 Å². The highest BCUT2D eigenvalue weighted by atomic mass is 32.2. The third-order valence-corrected chi connectivity index (χ3v) is 7.95. The van der Waals surface area contributed by atoms with Crippen molar-refractivity contribution in [3.8, 4) is 0 Å². The number of alkyl halides is 3. The molecule has 1 aliphatic heterocycles. The molecule has 1 saturated heterocycles. The molecule has 2 bridgehead atoms. The molecule has 0 unspecified atom stereocenters. The van der Waals surface area contributed by atoms with E-state index in [0.717, 1.165) is 29.5 Å². The number of halogens is 3. The highest BCUT2D eigenvalue weighted by Gasteiger charge is 2.60. The Morgan fingerprint density at radius 2 is 1.89 bits per heavy atom. The molecule has 1 aromatic carbocycles. The van der Waals surface area contributed by atoms with Crippen LogP contribution in [0.3, 0.4) is 0 Å². The molecule has 0 aromatic heterocycles. The minimum atomic E-state index is -4.56. The summed E-state index contributed by atoms with van der Waals surface area (Å²) in [4.78, 5) is 0. The maximum atomic E-state index is 12.9. The summed E-state index contributed by atoms with van der Waals surface area (Å²) in [7, 11) is -2.53. The van der Waals surface area contributed by atoms with Crippen LogP contribution in [0.5, 0.6) is 0 Å². The van der Waals surface area contributed by atoms with Gasteiger partial charge >= 0.3 is 6.18 Å². The average Bonchev–Trinajstić information content (AvgIpc) is 2.97. The SMILES string of the molecule is CN=NCc1ccc2c(c1)C[C@H]1CC[C@@H](C2)[C@]12CN(CC(F)(F)F)S(=O)(=O)N2. The molecule has 6 nitrogen and oxygen atoms in total. The predicted molar refractivity (Wildman–Crippen MR) is 97.0 cm³/mol. The molecule has 3 atom stereocenters. The molecular formula is C18H23F3N4O2S. The van der Waals surface area contributed by atoms with Gasteiger partial charge in [-0.1, -0.05) is 18.2 Å². The third-order valence-electron chi connectivity index (χ3n) is 6.37. The molecule has 0 amide bonds. The second kappa shape index (κ2) is 6.77. The zero-order chi connectivity index (χ0) is 20.2. The first-order chi connectivity index (χ1) is 13.1. The summed E-state index contributed by atoms with van der Waals surface area (Å²) < 4.78 is 66.9. The van der Waals surface area contributed by atoms with E-state index in [-0.39, 0.29) is 18.4 Å². The molecule has 0 radical (unpaired) electrons. The fourth-order valence-electron chi connectivity index (χ4n) is 5.15. The van der Waals surface area contributed by atoms with E-state index in [2.05, 4.69) is 21.0 Å². The molecule has 2 fully saturated rings. The van der Waals surface area contributed by atoms with Crippen LogP contribution in [0.15, 0.2) is 28.4 Å². The van der Waals surface area contributed by atoms with Gasteiger partial charge in [0.05, 0.1) is 12.1 Å². The Bertz CT molecular complexity index is 903.